The van der Waals surface area contributed by atoms with Gasteiger partial charge in [0.25, 0.3) is 0 Å². The van der Waals surface area contributed by atoms with E-state index in [4.69, 9.17) is 9.47 Å². The van der Waals surface area contributed by atoms with Crippen LogP contribution >= 0.6 is 0 Å². The highest BCUT2D eigenvalue weighted by Gasteiger charge is 2.53. The zero-order chi connectivity index (χ0) is 21.8. The monoisotopic (exact) mass is 404 g/mol. The maximum atomic E-state index is 13.0. The van der Waals surface area contributed by atoms with Gasteiger partial charge in [0.15, 0.2) is 5.60 Å². The van der Waals surface area contributed by atoms with Crippen LogP contribution in [-0.4, -0.2) is 5.97 Å². The molecule has 3 aromatic rings. The van der Waals surface area contributed by atoms with E-state index in [1.165, 1.54) is 0 Å². The Morgan fingerprint density at radius 2 is 1.16 bits per heavy atom. The molecule has 2 heterocycles. The van der Waals surface area contributed by atoms with Crippen molar-refractivity contribution in [3.05, 3.63) is 119 Å². The molecule has 5 rings (SSSR count). The van der Waals surface area contributed by atoms with E-state index in [9.17, 15) is 4.79 Å². The van der Waals surface area contributed by atoms with Crippen LogP contribution in [0.4, 0.5) is 0 Å². The Hall–Kier alpha value is -4.11. The highest BCUT2D eigenvalue weighted by Crippen LogP contribution is 2.57. The van der Waals surface area contributed by atoms with Crippen LogP contribution in [0.25, 0.3) is 24.3 Å². The second-order valence-corrected chi connectivity index (χ2v) is 7.49. The Balaban J connectivity index is 1.94. The maximum absolute atomic E-state index is 13.0. The van der Waals surface area contributed by atoms with Crippen molar-refractivity contribution in [3.63, 3.8) is 0 Å². The number of rotatable bonds is 4. The van der Waals surface area contributed by atoms with Crippen molar-refractivity contribution >= 4 is 30.3 Å². The summed E-state index contributed by atoms with van der Waals surface area (Å²) in [6, 6.07) is 15.2. The van der Waals surface area contributed by atoms with E-state index >= 15 is 0 Å². The third-order valence-corrected chi connectivity index (χ3v) is 6.00. The van der Waals surface area contributed by atoms with Gasteiger partial charge in [-0.25, -0.2) is 4.79 Å². The molecule has 3 heteroatoms. The van der Waals surface area contributed by atoms with E-state index in [0.29, 0.717) is 17.1 Å². The first-order chi connectivity index (χ1) is 15.1. The predicted molar refractivity (Wildman–Crippen MR) is 125 cm³/mol. The van der Waals surface area contributed by atoms with Gasteiger partial charge in [0, 0.05) is 16.7 Å². The van der Waals surface area contributed by atoms with Crippen LogP contribution in [0.1, 0.15) is 49.3 Å². The lowest BCUT2D eigenvalue weighted by Crippen LogP contribution is -2.33. The zero-order valence-corrected chi connectivity index (χ0v) is 17.0. The normalized spacial score (nSPS) is 14.5. The molecule has 0 atom stereocenters. The van der Waals surface area contributed by atoms with Crippen molar-refractivity contribution < 1.29 is 14.3 Å². The fourth-order valence-electron chi connectivity index (χ4n) is 4.53. The molecule has 0 aromatic heterocycles. The van der Waals surface area contributed by atoms with Gasteiger partial charge < -0.3 is 9.47 Å². The van der Waals surface area contributed by atoms with Gasteiger partial charge in [0.2, 0.25) is 0 Å². The molecule has 0 aliphatic carbocycles. The van der Waals surface area contributed by atoms with Gasteiger partial charge >= 0.3 is 5.97 Å². The zero-order valence-electron chi connectivity index (χ0n) is 17.0. The molecule has 0 unspecified atom stereocenters. The van der Waals surface area contributed by atoms with Gasteiger partial charge in [-0.2, -0.15) is 0 Å². The minimum Gasteiger partial charge on any atom is -0.456 e. The van der Waals surface area contributed by atoms with E-state index < -0.39 is 5.60 Å². The predicted octanol–water partition coefficient (Wildman–Crippen LogP) is 6.83. The second kappa shape index (κ2) is 6.71. The molecule has 0 saturated carbocycles. The summed E-state index contributed by atoms with van der Waals surface area (Å²) < 4.78 is 12.6. The summed E-state index contributed by atoms with van der Waals surface area (Å²) in [5.41, 5.74) is 5.23. The average Bonchev–Trinajstić information content (AvgIpc) is 3.10. The second-order valence-electron chi connectivity index (χ2n) is 7.49. The molecule has 150 valence electrons. The van der Waals surface area contributed by atoms with Crippen molar-refractivity contribution in [2.75, 3.05) is 0 Å². The third-order valence-electron chi connectivity index (χ3n) is 6.00. The highest BCUT2D eigenvalue weighted by molar-refractivity contribution is 5.97. The van der Waals surface area contributed by atoms with Gasteiger partial charge in [-0.05, 0) is 52.6 Å². The van der Waals surface area contributed by atoms with Crippen LogP contribution in [0.2, 0.25) is 0 Å². The molecule has 0 saturated heterocycles. The summed E-state index contributed by atoms with van der Waals surface area (Å²) in [6.07, 6.45) is 7.04. The number of ether oxygens (including phenoxy) is 2. The topological polar surface area (TPSA) is 35.5 Å². The number of carbonyl (C=O) groups is 1. The van der Waals surface area contributed by atoms with Gasteiger partial charge in [0.05, 0.1) is 5.56 Å². The van der Waals surface area contributed by atoms with E-state index in [2.05, 4.69) is 26.3 Å². The first-order valence-corrected chi connectivity index (χ1v) is 9.95. The summed E-state index contributed by atoms with van der Waals surface area (Å²) in [5.74, 6) is 0.855. The number of carbonyl (C=O) groups excluding carboxylic acids is 1. The molecule has 31 heavy (non-hydrogen) atoms. The number of esters is 1. The lowest BCUT2D eigenvalue weighted by molar-refractivity contribution is 0.0224. The number of hydrogen-bond donors (Lipinski definition) is 0. The summed E-state index contributed by atoms with van der Waals surface area (Å²) in [7, 11) is 0. The average molecular weight is 404 g/mol. The Kier molecular flexibility index (Phi) is 4.09. The van der Waals surface area contributed by atoms with Crippen molar-refractivity contribution in [2.24, 2.45) is 0 Å². The first-order valence-electron chi connectivity index (χ1n) is 9.95. The molecule has 2 aliphatic rings. The van der Waals surface area contributed by atoms with E-state index in [-0.39, 0.29) is 5.97 Å². The Morgan fingerprint density at radius 1 is 0.677 bits per heavy atom. The molecular weight excluding hydrogens is 384 g/mol. The van der Waals surface area contributed by atoms with Crippen LogP contribution in [-0.2, 0) is 10.3 Å². The fraction of sp³-hybridized carbons (Fsp3) is 0.0357. The Bertz CT molecular complexity index is 1260. The lowest BCUT2D eigenvalue weighted by Gasteiger charge is -2.37. The van der Waals surface area contributed by atoms with Crippen molar-refractivity contribution in [2.45, 2.75) is 5.60 Å². The minimum atomic E-state index is -1.13. The summed E-state index contributed by atoms with van der Waals surface area (Å²) >= 11 is 0. The molecule has 0 fully saturated rings. The van der Waals surface area contributed by atoms with Crippen LogP contribution in [0.5, 0.6) is 11.5 Å². The first kappa shape index (κ1) is 18.9. The summed E-state index contributed by atoms with van der Waals surface area (Å²) in [4.78, 5) is 13.0. The molecule has 0 N–H and O–H groups in total. The quantitative estimate of drug-likeness (QED) is 0.447. The van der Waals surface area contributed by atoms with Crippen LogP contribution in [0.3, 0.4) is 0 Å². The van der Waals surface area contributed by atoms with Gasteiger partial charge in [-0.15, -0.1) is 0 Å². The molecule has 3 aromatic carbocycles. The molecule has 0 bridgehead atoms. The molecule has 3 nitrogen and oxygen atoms in total. The fourth-order valence-corrected chi connectivity index (χ4v) is 4.53. The minimum absolute atomic E-state index is 0.365. The molecule has 2 aliphatic heterocycles. The number of benzene rings is 3. The highest BCUT2D eigenvalue weighted by atomic mass is 16.6. The standard InChI is InChI=1S/C28H20O3/c1-5-17-13-23-25(15-19(17)7-3)30-26-16-20(8-4)18(6-2)14-24(26)28(23)22-12-10-9-11-21(22)27(29)31-28/h5-16H,1-4H2. The Labute approximate surface area is 181 Å². The molecule has 1 spiro atoms. The maximum Gasteiger partial charge on any atom is 0.340 e. The van der Waals surface area contributed by atoms with E-state index in [1.807, 2.05) is 42.5 Å². The van der Waals surface area contributed by atoms with Gasteiger partial charge in [0.1, 0.15) is 11.5 Å². The smallest absolute Gasteiger partial charge is 0.340 e. The summed E-state index contributed by atoms with van der Waals surface area (Å²) in [5, 5.41) is 0. The summed E-state index contributed by atoms with van der Waals surface area (Å²) in [6.45, 7) is 15.7. The van der Waals surface area contributed by atoms with Crippen molar-refractivity contribution in [3.8, 4) is 11.5 Å². The van der Waals surface area contributed by atoms with Crippen LogP contribution in [0.15, 0.2) is 74.8 Å². The van der Waals surface area contributed by atoms with Crippen molar-refractivity contribution in [1.29, 1.82) is 0 Å². The number of fused-ring (bicyclic) bond motifs is 6. The Morgan fingerprint density at radius 3 is 1.68 bits per heavy atom. The van der Waals surface area contributed by atoms with E-state index in [1.54, 1.807) is 30.4 Å². The SMILES string of the molecule is C=Cc1cc2c(cc1C=C)C1(OC(=O)c3ccccc31)c1cc(C=C)c(C=C)cc1O2. The lowest BCUT2D eigenvalue weighted by atomic mass is 9.76. The number of hydrogen-bond acceptors (Lipinski definition) is 3. The molecular formula is C28H20O3. The molecule has 0 radical (unpaired) electrons. The largest absolute Gasteiger partial charge is 0.456 e. The van der Waals surface area contributed by atoms with Gasteiger partial charge in [-0.1, -0.05) is 68.8 Å². The van der Waals surface area contributed by atoms with Gasteiger partial charge in [-0.3, -0.25) is 0 Å². The third kappa shape index (κ3) is 2.44. The van der Waals surface area contributed by atoms with Crippen LogP contribution < -0.4 is 4.74 Å². The molecule has 0 amide bonds. The van der Waals surface area contributed by atoms with Crippen LogP contribution in [0, 0.1) is 0 Å². The van der Waals surface area contributed by atoms with E-state index in [0.717, 1.165) is 38.9 Å². The van der Waals surface area contributed by atoms with Crippen molar-refractivity contribution in [1.82, 2.24) is 0 Å².